The van der Waals surface area contributed by atoms with Crippen LogP contribution < -0.4 is 0 Å². The third kappa shape index (κ3) is 3.59. The fourth-order valence-electron chi connectivity index (χ4n) is 2.18. The Bertz CT molecular complexity index is 572. The Morgan fingerprint density at radius 3 is 2.37 bits per heavy atom. The lowest BCUT2D eigenvalue weighted by Crippen LogP contribution is -2.03. The molecular weight excluding hydrogens is 324 g/mol. The van der Waals surface area contributed by atoms with E-state index >= 15 is 0 Å². The van der Waals surface area contributed by atoms with E-state index in [2.05, 4.69) is 15.9 Å². The normalized spacial score (nSPS) is 12.5. The predicted molar refractivity (Wildman–Crippen MR) is 83.7 cm³/mol. The van der Waals surface area contributed by atoms with Crippen molar-refractivity contribution >= 4 is 27.5 Å². The van der Waals surface area contributed by atoms with Crippen molar-refractivity contribution in [1.82, 2.24) is 0 Å². The van der Waals surface area contributed by atoms with Crippen LogP contribution in [0.15, 0.2) is 40.9 Å². The van der Waals surface area contributed by atoms with Crippen LogP contribution in [0.3, 0.4) is 0 Å². The Morgan fingerprint density at radius 2 is 1.79 bits per heavy atom. The molecule has 0 spiro atoms. The van der Waals surface area contributed by atoms with E-state index in [1.807, 2.05) is 50.2 Å². The highest BCUT2D eigenvalue weighted by Crippen LogP contribution is 2.27. The first-order chi connectivity index (χ1) is 8.97. The maximum Gasteiger partial charge on any atom is 0.0830 e. The monoisotopic (exact) mass is 338 g/mol. The van der Waals surface area contributed by atoms with Gasteiger partial charge in [-0.1, -0.05) is 51.8 Å². The maximum absolute atomic E-state index is 10.3. The molecule has 2 rings (SSSR count). The molecule has 0 fully saturated rings. The van der Waals surface area contributed by atoms with Crippen LogP contribution in [0.2, 0.25) is 5.02 Å². The molecule has 2 aromatic rings. The second-order valence-electron chi connectivity index (χ2n) is 4.82. The van der Waals surface area contributed by atoms with Crippen LogP contribution in [0.5, 0.6) is 0 Å². The predicted octanol–water partition coefficient (Wildman–Crippen LogP) is 5.00. The molecule has 0 aliphatic rings. The van der Waals surface area contributed by atoms with Crippen LogP contribution in [-0.2, 0) is 6.42 Å². The van der Waals surface area contributed by atoms with Crippen LogP contribution in [0.4, 0.5) is 0 Å². The van der Waals surface area contributed by atoms with Gasteiger partial charge < -0.3 is 5.11 Å². The molecule has 0 aliphatic heterocycles. The van der Waals surface area contributed by atoms with Crippen molar-refractivity contribution in [2.24, 2.45) is 0 Å². The molecule has 0 aromatic heterocycles. The van der Waals surface area contributed by atoms with Gasteiger partial charge in [0.05, 0.1) is 6.10 Å². The number of aryl methyl sites for hydroxylation is 2. The fourth-order valence-corrected chi connectivity index (χ4v) is 2.62. The molecule has 0 saturated heterocycles. The molecule has 0 amide bonds. The zero-order chi connectivity index (χ0) is 14.0. The van der Waals surface area contributed by atoms with E-state index in [1.165, 1.54) is 0 Å². The summed E-state index contributed by atoms with van der Waals surface area (Å²) in [6.45, 7) is 4.07. The molecule has 0 radical (unpaired) electrons. The second-order valence-corrected chi connectivity index (χ2v) is 6.05. The summed E-state index contributed by atoms with van der Waals surface area (Å²) in [7, 11) is 0. The standard InChI is InChI=1S/C16H16BrClO/c1-10-6-13(7-11(2)16(10)17)15(19)9-12-4-3-5-14(18)8-12/h3-8,15,19H,9H2,1-2H3. The van der Waals surface area contributed by atoms with Crippen LogP contribution in [-0.4, -0.2) is 5.11 Å². The molecule has 2 aromatic carbocycles. The maximum atomic E-state index is 10.3. The van der Waals surface area contributed by atoms with E-state index in [9.17, 15) is 5.11 Å². The molecule has 0 heterocycles. The number of rotatable bonds is 3. The smallest absolute Gasteiger partial charge is 0.0830 e. The third-order valence-corrected chi connectivity index (χ3v) is 4.65. The molecule has 0 bridgehead atoms. The van der Waals surface area contributed by atoms with Crippen molar-refractivity contribution in [3.05, 3.63) is 68.1 Å². The first-order valence-electron chi connectivity index (χ1n) is 6.16. The van der Waals surface area contributed by atoms with Crippen molar-refractivity contribution in [3.63, 3.8) is 0 Å². The molecule has 1 nitrogen and oxygen atoms in total. The van der Waals surface area contributed by atoms with Crippen LogP contribution in [0.25, 0.3) is 0 Å². The quantitative estimate of drug-likeness (QED) is 0.834. The number of halogens is 2. The molecule has 1 atom stereocenters. The highest BCUT2D eigenvalue weighted by atomic mass is 79.9. The highest BCUT2D eigenvalue weighted by molar-refractivity contribution is 9.10. The zero-order valence-electron chi connectivity index (χ0n) is 11.0. The van der Waals surface area contributed by atoms with Gasteiger partial charge in [0.1, 0.15) is 0 Å². The van der Waals surface area contributed by atoms with Gasteiger partial charge in [-0.15, -0.1) is 0 Å². The van der Waals surface area contributed by atoms with Gasteiger partial charge >= 0.3 is 0 Å². The van der Waals surface area contributed by atoms with E-state index in [1.54, 1.807) is 0 Å². The van der Waals surface area contributed by atoms with Gasteiger partial charge in [0.25, 0.3) is 0 Å². The summed E-state index contributed by atoms with van der Waals surface area (Å²) in [5, 5.41) is 11.0. The molecule has 1 N–H and O–H groups in total. The summed E-state index contributed by atoms with van der Waals surface area (Å²) in [6, 6.07) is 11.7. The van der Waals surface area contributed by atoms with E-state index in [4.69, 9.17) is 11.6 Å². The van der Waals surface area contributed by atoms with E-state index < -0.39 is 6.10 Å². The first kappa shape index (κ1) is 14.6. The van der Waals surface area contributed by atoms with Crippen molar-refractivity contribution in [2.75, 3.05) is 0 Å². The molecule has 1 unspecified atom stereocenters. The number of hydrogen-bond acceptors (Lipinski definition) is 1. The first-order valence-corrected chi connectivity index (χ1v) is 7.33. The van der Waals surface area contributed by atoms with Gasteiger partial charge in [0, 0.05) is 15.9 Å². The average Bonchev–Trinajstić information content (AvgIpc) is 2.35. The Balaban J connectivity index is 2.23. The number of aliphatic hydroxyl groups is 1. The van der Waals surface area contributed by atoms with Crippen molar-refractivity contribution < 1.29 is 5.11 Å². The Kier molecular flexibility index (Phi) is 4.67. The average molecular weight is 340 g/mol. The van der Waals surface area contributed by atoms with Crippen LogP contribution in [0, 0.1) is 13.8 Å². The van der Waals surface area contributed by atoms with E-state index in [0.717, 1.165) is 26.7 Å². The Labute approximate surface area is 127 Å². The van der Waals surface area contributed by atoms with E-state index in [0.29, 0.717) is 11.4 Å². The van der Waals surface area contributed by atoms with Crippen LogP contribution in [0.1, 0.15) is 28.4 Å². The summed E-state index contributed by atoms with van der Waals surface area (Å²) < 4.78 is 1.10. The molecular formula is C16H16BrClO. The van der Waals surface area contributed by atoms with Gasteiger partial charge in [-0.2, -0.15) is 0 Å². The van der Waals surface area contributed by atoms with Crippen molar-refractivity contribution in [2.45, 2.75) is 26.4 Å². The molecule has 100 valence electrons. The van der Waals surface area contributed by atoms with Gasteiger partial charge in [-0.25, -0.2) is 0 Å². The van der Waals surface area contributed by atoms with Crippen LogP contribution >= 0.6 is 27.5 Å². The topological polar surface area (TPSA) is 20.2 Å². The minimum atomic E-state index is -0.510. The van der Waals surface area contributed by atoms with Gasteiger partial charge in [0.2, 0.25) is 0 Å². The lowest BCUT2D eigenvalue weighted by molar-refractivity contribution is 0.178. The van der Waals surface area contributed by atoms with E-state index in [-0.39, 0.29) is 0 Å². The summed E-state index contributed by atoms with van der Waals surface area (Å²) >= 11 is 9.50. The number of aliphatic hydroxyl groups excluding tert-OH is 1. The Morgan fingerprint density at radius 1 is 1.16 bits per heavy atom. The summed E-state index contributed by atoms with van der Waals surface area (Å²) in [6.07, 6.45) is 0.0603. The van der Waals surface area contributed by atoms with Gasteiger partial charge in [0.15, 0.2) is 0 Å². The van der Waals surface area contributed by atoms with Gasteiger partial charge in [-0.3, -0.25) is 0 Å². The molecule has 0 aliphatic carbocycles. The summed E-state index contributed by atoms with van der Waals surface area (Å²) in [4.78, 5) is 0. The largest absolute Gasteiger partial charge is 0.388 e. The SMILES string of the molecule is Cc1cc(C(O)Cc2cccc(Cl)c2)cc(C)c1Br. The lowest BCUT2D eigenvalue weighted by atomic mass is 9.98. The molecule has 3 heteroatoms. The second kappa shape index (κ2) is 6.08. The molecule has 19 heavy (non-hydrogen) atoms. The van der Waals surface area contributed by atoms with Crippen molar-refractivity contribution in [3.8, 4) is 0 Å². The number of benzene rings is 2. The summed E-state index contributed by atoms with van der Waals surface area (Å²) in [5.74, 6) is 0. The molecule has 0 saturated carbocycles. The minimum Gasteiger partial charge on any atom is -0.388 e. The lowest BCUT2D eigenvalue weighted by Gasteiger charge is -2.14. The minimum absolute atomic E-state index is 0.510. The van der Waals surface area contributed by atoms with Gasteiger partial charge in [-0.05, 0) is 48.2 Å². The highest BCUT2D eigenvalue weighted by Gasteiger charge is 2.11. The van der Waals surface area contributed by atoms with Crippen molar-refractivity contribution in [1.29, 1.82) is 0 Å². The fraction of sp³-hybridized carbons (Fsp3) is 0.250. The zero-order valence-corrected chi connectivity index (χ0v) is 13.3. The number of hydrogen-bond donors (Lipinski definition) is 1. The summed E-state index contributed by atoms with van der Waals surface area (Å²) in [5.41, 5.74) is 4.26. The third-order valence-electron chi connectivity index (χ3n) is 3.16. The Hall–Kier alpha value is -0.830.